The predicted octanol–water partition coefficient (Wildman–Crippen LogP) is 2.71. The summed E-state index contributed by atoms with van der Waals surface area (Å²) in [5.74, 6) is 0.779. The normalized spacial score (nSPS) is 15.7. The van der Waals surface area contributed by atoms with Gasteiger partial charge in [0.25, 0.3) is 0 Å². The summed E-state index contributed by atoms with van der Waals surface area (Å²) in [5.41, 5.74) is 0. The Morgan fingerprint density at radius 3 is 2.62 bits per heavy atom. The fourth-order valence-corrected chi connectivity index (χ4v) is 2.54. The molecule has 0 aromatic heterocycles. The average Bonchev–Trinajstić information content (AvgIpc) is 2.50. The molecule has 0 unspecified atom stereocenters. The Morgan fingerprint density at radius 2 is 1.90 bits per heavy atom. The fraction of sp³-hybridized carbons (Fsp3) is 0.562. The second-order valence-electron chi connectivity index (χ2n) is 5.30. The van der Waals surface area contributed by atoms with E-state index in [0.717, 1.165) is 31.9 Å². The number of benzene rings is 1. The van der Waals surface area contributed by atoms with Crippen LogP contribution in [-0.2, 0) is 4.79 Å². The molecule has 1 N–H and O–H groups in total. The molecular formula is C16H23ClN2O2. The van der Waals surface area contributed by atoms with Crippen molar-refractivity contribution in [1.29, 1.82) is 0 Å². The van der Waals surface area contributed by atoms with Crippen LogP contribution in [-0.4, -0.2) is 43.6 Å². The van der Waals surface area contributed by atoms with E-state index in [9.17, 15) is 4.79 Å². The molecule has 0 aliphatic carbocycles. The van der Waals surface area contributed by atoms with E-state index in [1.807, 2.05) is 0 Å². The van der Waals surface area contributed by atoms with Gasteiger partial charge in [-0.25, -0.2) is 0 Å². The second-order valence-corrected chi connectivity index (χ2v) is 5.74. The number of nitrogens with one attached hydrogen (secondary N) is 1. The van der Waals surface area contributed by atoms with Gasteiger partial charge in [0.1, 0.15) is 5.75 Å². The molecule has 5 heteroatoms. The molecule has 0 saturated carbocycles. The molecule has 4 nitrogen and oxygen atoms in total. The van der Waals surface area contributed by atoms with Crippen LogP contribution in [0.4, 0.5) is 0 Å². The largest absolute Gasteiger partial charge is 0.493 e. The van der Waals surface area contributed by atoms with Gasteiger partial charge in [-0.15, -0.1) is 0 Å². The number of nitrogens with zero attached hydrogens (tertiary/aromatic N) is 1. The monoisotopic (exact) mass is 310 g/mol. The number of likely N-dealkylation sites (tertiary alicyclic amines) is 1. The molecule has 0 atom stereocenters. The Bertz CT molecular complexity index is 430. The second kappa shape index (κ2) is 8.90. The van der Waals surface area contributed by atoms with Crippen LogP contribution < -0.4 is 10.1 Å². The van der Waals surface area contributed by atoms with Gasteiger partial charge < -0.3 is 15.0 Å². The Kier molecular flexibility index (Phi) is 6.83. The van der Waals surface area contributed by atoms with Gasteiger partial charge in [-0.2, -0.15) is 0 Å². The van der Waals surface area contributed by atoms with Gasteiger partial charge in [0.2, 0.25) is 5.91 Å². The van der Waals surface area contributed by atoms with E-state index in [1.165, 1.54) is 19.3 Å². The van der Waals surface area contributed by atoms with Crippen molar-refractivity contribution in [2.24, 2.45) is 0 Å². The number of hydrogen-bond donors (Lipinski definition) is 1. The number of ether oxygens (including phenoxy) is 1. The standard InChI is InChI=1S/C16H23ClN2O2/c17-14-4-6-15(7-5-14)21-13-8-16(20)18-9-12-19-10-2-1-3-11-19/h4-7H,1-3,8-13H2,(H,18,20). The van der Waals surface area contributed by atoms with Crippen LogP contribution in [0, 0.1) is 0 Å². The van der Waals surface area contributed by atoms with E-state index < -0.39 is 0 Å². The summed E-state index contributed by atoms with van der Waals surface area (Å²) in [6, 6.07) is 7.15. The van der Waals surface area contributed by atoms with Crippen molar-refractivity contribution in [2.45, 2.75) is 25.7 Å². The lowest BCUT2D eigenvalue weighted by atomic mass is 10.1. The number of halogens is 1. The van der Waals surface area contributed by atoms with Crippen LogP contribution >= 0.6 is 11.6 Å². The molecule has 0 bridgehead atoms. The number of carbonyl (C=O) groups excluding carboxylic acids is 1. The summed E-state index contributed by atoms with van der Waals surface area (Å²) in [6.45, 7) is 4.38. The summed E-state index contributed by atoms with van der Waals surface area (Å²) >= 11 is 5.79. The molecule has 0 spiro atoms. The number of rotatable bonds is 7. The van der Waals surface area contributed by atoms with E-state index in [2.05, 4.69) is 10.2 Å². The lowest BCUT2D eigenvalue weighted by Crippen LogP contribution is -2.37. The highest BCUT2D eigenvalue weighted by molar-refractivity contribution is 6.30. The van der Waals surface area contributed by atoms with E-state index in [1.54, 1.807) is 24.3 Å². The Morgan fingerprint density at radius 1 is 1.19 bits per heavy atom. The van der Waals surface area contributed by atoms with Crippen LogP contribution in [0.3, 0.4) is 0 Å². The van der Waals surface area contributed by atoms with Crippen molar-refractivity contribution in [3.63, 3.8) is 0 Å². The highest BCUT2D eigenvalue weighted by Crippen LogP contribution is 2.15. The summed E-state index contributed by atoms with van der Waals surface area (Å²) in [7, 11) is 0. The van der Waals surface area contributed by atoms with Gasteiger partial charge in [0, 0.05) is 18.1 Å². The summed E-state index contributed by atoms with van der Waals surface area (Å²) in [4.78, 5) is 14.1. The Labute approximate surface area is 131 Å². The van der Waals surface area contributed by atoms with Gasteiger partial charge in [-0.3, -0.25) is 4.79 Å². The maximum Gasteiger partial charge on any atom is 0.223 e. The maximum absolute atomic E-state index is 11.7. The zero-order valence-corrected chi connectivity index (χ0v) is 13.1. The third-order valence-electron chi connectivity index (χ3n) is 3.61. The maximum atomic E-state index is 11.7. The van der Waals surface area contributed by atoms with Gasteiger partial charge in [0.15, 0.2) is 0 Å². The van der Waals surface area contributed by atoms with Gasteiger partial charge in [-0.05, 0) is 50.2 Å². The molecule has 1 amide bonds. The Hall–Kier alpha value is -1.26. The minimum absolute atomic E-state index is 0.0426. The molecule has 1 fully saturated rings. The fourth-order valence-electron chi connectivity index (χ4n) is 2.42. The molecule has 1 heterocycles. The summed E-state index contributed by atoms with van der Waals surface area (Å²) in [5, 5.41) is 3.62. The topological polar surface area (TPSA) is 41.6 Å². The van der Waals surface area contributed by atoms with Crippen LogP contribution in [0.15, 0.2) is 24.3 Å². The minimum atomic E-state index is 0.0426. The number of carbonyl (C=O) groups is 1. The third-order valence-corrected chi connectivity index (χ3v) is 3.86. The van der Waals surface area contributed by atoms with Crippen LogP contribution in [0.2, 0.25) is 5.02 Å². The molecular weight excluding hydrogens is 288 g/mol. The highest BCUT2D eigenvalue weighted by Gasteiger charge is 2.09. The zero-order chi connectivity index (χ0) is 14.9. The number of hydrogen-bond acceptors (Lipinski definition) is 3. The lowest BCUT2D eigenvalue weighted by Gasteiger charge is -2.26. The molecule has 1 aromatic carbocycles. The molecule has 116 valence electrons. The van der Waals surface area contributed by atoms with E-state index in [0.29, 0.717) is 18.1 Å². The first-order chi connectivity index (χ1) is 10.2. The SMILES string of the molecule is O=C(CCOc1ccc(Cl)cc1)NCCN1CCCCC1. The zero-order valence-electron chi connectivity index (χ0n) is 12.3. The Balaban J connectivity index is 1.54. The molecule has 1 saturated heterocycles. The van der Waals surface area contributed by atoms with Crippen LogP contribution in [0.25, 0.3) is 0 Å². The quantitative estimate of drug-likeness (QED) is 0.842. The third kappa shape index (κ3) is 6.36. The first-order valence-corrected chi connectivity index (χ1v) is 7.99. The molecule has 0 radical (unpaired) electrons. The summed E-state index contributed by atoms with van der Waals surface area (Å²) in [6.07, 6.45) is 4.28. The minimum Gasteiger partial charge on any atom is -0.493 e. The van der Waals surface area contributed by atoms with E-state index in [-0.39, 0.29) is 5.91 Å². The lowest BCUT2D eigenvalue weighted by molar-refractivity contribution is -0.121. The molecule has 21 heavy (non-hydrogen) atoms. The number of piperidine rings is 1. The smallest absolute Gasteiger partial charge is 0.223 e. The van der Waals surface area contributed by atoms with E-state index >= 15 is 0 Å². The highest BCUT2D eigenvalue weighted by atomic mass is 35.5. The van der Waals surface area contributed by atoms with Crippen molar-refractivity contribution in [1.82, 2.24) is 10.2 Å². The molecule has 1 aliphatic heterocycles. The van der Waals surface area contributed by atoms with Crippen molar-refractivity contribution in [3.05, 3.63) is 29.3 Å². The van der Waals surface area contributed by atoms with Crippen LogP contribution in [0.1, 0.15) is 25.7 Å². The predicted molar refractivity (Wildman–Crippen MR) is 84.9 cm³/mol. The first-order valence-electron chi connectivity index (χ1n) is 7.61. The van der Waals surface area contributed by atoms with Crippen molar-refractivity contribution in [3.8, 4) is 5.75 Å². The van der Waals surface area contributed by atoms with E-state index in [4.69, 9.17) is 16.3 Å². The number of amides is 1. The summed E-state index contributed by atoms with van der Waals surface area (Å²) < 4.78 is 5.50. The first kappa shape index (κ1) is 16.1. The van der Waals surface area contributed by atoms with Crippen LogP contribution in [0.5, 0.6) is 5.75 Å². The van der Waals surface area contributed by atoms with Gasteiger partial charge >= 0.3 is 0 Å². The van der Waals surface area contributed by atoms with Gasteiger partial charge in [0.05, 0.1) is 13.0 Å². The molecule has 1 aliphatic rings. The van der Waals surface area contributed by atoms with Crippen molar-refractivity contribution < 1.29 is 9.53 Å². The average molecular weight is 311 g/mol. The molecule has 1 aromatic rings. The molecule has 2 rings (SSSR count). The van der Waals surface area contributed by atoms with Crippen molar-refractivity contribution in [2.75, 3.05) is 32.8 Å². The van der Waals surface area contributed by atoms with Crippen molar-refractivity contribution >= 4 is 17.5 Å². The van der Waals surface area contributed by atoms with Gasteiger partial charge in [-0.1, -0.05) is 18.0 Å².